The average molecular weight is 360 g/mol. The second-order valence-corrected chi connectivity index (χ2v) is 7.89. The molecule has 0 aliphatic carbocycles. The summed E-state index contributed by atoms with van der Waals surface area (Å²) in [4.78, 5) is 0.414. The number of hydrogen-bond acceptors (Lipinski definition) is 2. The number of benzene rings is 1. The Labute approximate surface area is 130 Å². The Morgan fingerprint density at radius 3 is 2.50 bits per heavy atom. The van der Waals surface area contributed by atoms with E-state index in [1.165, 1.54) is 0 Å². The van der Waals surface area contributed by atoms with Gasteiger partial charge in [-0.1, -0.05) is 41.4 Å². The predicted octanol–water partition coefficient (Wildman–Crippen LogP) is 3.78. The van der Waals surface area contributed by atoms with Crippen LogP contribution in [0.4, 0.5) is 0 Å². The second kappa shape index (κ2) is 7.05. The quantitative estimate of drug-likeness (QED) is 0.767. The first kappa shape index (κ1) is 16.0. The largest absolute Gasteiger partial charge is 0.243 e. The first-order chi connectivity index (χ1) is 9.57. The highest BCUT2D eigenvalue weighted by molar-refractivity contribution is 9.08. The molecular weight excluding hydrogens is 338 g/mol. The van der Waals surface area contributed by atoms with Crippen LogP contribution in [0.25, 0.3) is 0 Å². The maximum Gasteiger partial charge on any atom is 0.243 e. The molecule has 0 amide bonds. The molecule has 0 spiro atoms. The molecule has 0 bridgehead atoms. The van der Waals surface area contributed by atoms with E-state index in [1.807, 2.05) is 12.1 Å². The van der Waals surface area contributed by atoms with E-state index in [0.29, 0.717) is 23.9 Å². The molecule has 3 nitrogen and oxygen atoms in total. The lowest BCUT2D eigenvalue weighted by molar-refractivity contribution is 0.407. The van der Waals surface area contributed by atoms with Crippen molar-refractivity contribution in [1.29, 1.82) is 0 Å². The van der Waals surface area contributed by atoms with Crippen LogP contribution in [0.1, 0.15) is 38.2 Å². The number of sulfonamides is 1. The van der Waals surface area contributed by atoms with Gasteiger partial charge in [-0.3, -0.25) is 0 Å². The van der Waals surface area contributed by atoms with Gasteiger partial charge in [0.05, 0.1) is 4.90 Å². The highest BCUT2D eigenvalue weighted by Crippen LogP contribution is 2.25. The molecule has 1 saturated heterocycles. The van der Waals surface area contributed by atoms with E-state index >= 15 is 0 Å². The van der Waals surface area contributed by atoms with Gasteiger partial charge in [0.15, 0.2) is 0 Å². The van der Waals surface area contributed by atoms with E-state index in [2.05, 4.69) is 22.9 Å². The molecule has 20 heavy (non-hydrogen) atoms. The van der Waals surface area contributed by atoms with Crippen molar-refractivity contribution in [3.8, 4) is 0 Å². The molecule has 1 heterocycles. The predicted molar refractivity (Wildman–Crippen MR) is 85.5 cm³/mol. The maximum absolute atomic E-state index is 12.6. The summed E-state index contributed by atoms with van der Waals surface area (Å²) in [6.45, 7) is 3.49. The smallest absolute Gasteiger partial charge is 0.207 e. The van der Waals surface area contributed by atoms with Gasteiger partial charge in [0.25, 0.3) is 0 Å². The summed E-state index contributed by atoms with van der Waals surface area (Å²) in [5.41, 5.74) is 1.09. The summed E-state index contributed by atoms with van der Waals surface area (Å²) in [5.74, 6) is 0.672. The van der Waals surface area contributed by atoms with Crippen molar-refractivity contribution in [3.05, 3.63) is 29.8 Å². The Balaban J connectivity index is 2.16. The molecule has 1 aromatic carbocycles. The normalized spacial score (nSPS) is 21.6. The SMILES string of the molecule is CCC1CCCN(S(=O)(=O)c2ccc(CBr)cc2)CC1. The van der Waals surface area contributed by atoms with Crippen molar-refractivity contribution in [2.24, 2.45) is 5.92 Å². The van der Waals surface area contributed by atoms with Gasteiger partial charge in [-0.2, -0.15) is 4.31 Å². The van der Waals surface area contributed by atoms with Gasteiger partial charge in [-0.25, -0.2) is 8.42 Å². The number of hydrogen-bond donors (Lipinski definition) is 0. The Morgan fingerprint density at radius 2 is 1.90 bits per heavy atom. The molecule has 112 valence electrons. The minimum atomic E-state index is -3.32. The number of nitrogens with zero attached hydrogens (tertiary/aromatic N) is 1. The highest BCUT2D eigenvalue weighted by atomic mass is 79.9. The molecule has 0 saturated carbocycles. The van der Waals surface area contributed by atoms with Gasteiger partial charge in [0, 0.05) is 18.4 Å². The molecule has 1 aromatic rings. The Morgan fingerprint density at radius 1 is 1.20 bits per heavy atom. The van der Waals surface area contributed by atoms with Crippen LogP contribution in [0.5, 0.6) is 0 Å². The van der Waals surface area contributed by atoms with E-state index in [1.54, 1.807) is 16.4 Å². The zero-order valence-corrected chi connectivity index (χ0v) is 14.3. The maximum atomic E-state index is 12.6. The average Bonchev–Trinajstić information content (AvgIpc) is 2.73. The van der Waals surface area contributed by atoms with Gasteiger partial charge in [0.1, 0.15) is 0 Å². The summed E-state index contributed by atoms with van der Waals surface area (Å²) in [6.07, 6.45) is 4.24. The van der Waals surface area contributed by atoms with Crippen LogP contribution in [0.2, 0.25) is 0 Å². The molecular formula is C15H22BrNO2S. The summed E-state index contributed by atoms with van der Waals surface area (Å²) >= 11 is 3.37. The van der Waals surface area contributed by atoms with Crippen LogP contribution in [0, 0.1) is 5.92 Å². The molecule has 1 atom stereocenters. The van der Waals surface area contributed by atoms with Crippen LogP contribution in [-0.4, -0.2) is 25.8 Å². The van der Waals surface area contributed by atoms with Crippen LogP contribution in [0.3, 0.4) is 0 Å². The number of halogens is 1. The van der Waals surface area contributed by atoms with Crippen molar-refractivity contribution < 1.29 is 8.42 Å². The molecule has 1 aliphatic rings. The zero-order chi connectivity index (χ0) is 14.6. The standard InChI is InChI=1S/C15H22BrNO2S/c1-2-13-4-3-10-17(11-9-13)20(18,19)15-7-5-14(12-16)6-8-15/h5-8,13H,2-4,9-12H2,1H3. The lowest BCUT2D eigenvalue weighted by atomic mass is 9.98. The van der Waals surface area contributed by atoms with E-state index in [-0.39, 0.29) is 0 Å². The van der Waals surface area contributed by atoms with Crippen molar-refractivity contribution in [3.63, 3.8) is 0 Å². The Bertz CT molecular complexity index is 527. The third-order valence-electron chi connectivity index (χ3n) is 4.10. The van der Waals surface area contributed by atoms with Crippen LogP contribution >= 0.6 is 15.9 Å². The lowest BCUT2D eigenvalue weighted by Gasteiger charge is -2.20. The topological polar surface area (TPSA) is 37.4 Å². The minimum absolute atomic E-state index is 0.414. The van der Waals surface area contributed by atoms with Crippen molar-refractivity contribution >= 4 is 26.0 Å². The minimum Gasteiger partial charge on any atom is -0.207 e. The van der Waals surface area contributed by atoms with Gasteiger partial charge < -0.3 is 0 Å². The van der Waals surface area contributed by atoms with Crippen molar-refractivity contribution in [2.75, 3.05) is 13.1 Å². The second-order valence-electron chi connectivity index (χ2n) is 5.39. The summed E-state index contributed by atoms with van der Waals surface area (Å²) in [5, 5.41) is 0.745. The molecule has 0 N–H and O–H groups in total. The molecule has 1 fully saturated rings. The third-order valence-corrected chi connectivity index (χ3v) is 6.66. The number of rotatable bonds is 4. The van der Waals surface area contributed by atoms with E-state index < -0.39 is 10.0 Å². The van der Waals surface area contributed by atoms with Gasteiger partial charge >= 0.3 is 0 Å². The molecule has 2 rings (SSSR count). The van der Waals surface area contributed by atoms with Gasteiger partial charge in [0.2, 0.25) is 10.0 Å². The van der Waals surface area contributed by atoms with Crippen LogP contribution in [0.15, 0.2) is 29.2 Å². The van der Waals surface area contributed by atoms with Crippen LogP contribution < -0.4 is 0 Å². The fourth-order valence-corrected chi connectivity index (χ4v) is 4.55. The Kier molecular flexibility index (Phi) is 5.64. The fraction of sp³-hybridized carbons (Fsp3) is 0.600. The lowest BCUT2D eigenvalue weighted by Crippen LogP contribution is -2.32. The third kappa shape index (κ3) is 3.62. The molecule has 1 aliphatic heterocycles. The van der Waals surface area contributed by atoms with Crippen LogP contribution in [-0.2, 0) is 15.4 Å². The van der Waals surface area contributed by atoms with Crippen molar-refractivity contribution in [2.45, 2.75) is 42.8 Å². The summed E-state index contributed by atoms with van der Waals surface area (Å²) < 4.78 is 27.0. The molecule has 1 unspecified atom stereocenters. The van der Waals surface area contributed by atoms with E-state index in [0.717, 1.165) is 36.6 Å². The van der Waals surface area contributed by atoms with E-state index in [9.17, 15) is 8.42 Å². The monoisotopic (exact) mass is 359 g/mol. The number of alkyl halides is 1. The van der Waals surface area contributed by atoms with Gasteiger partial charge in [-0.15, -0.1) is 0 Å². The Hall–Kier alpha value is -0.390. The first-order valence-electron chi connectivity index (χ1n) is 7.23. The molecule has 5 heteroatoms. The zero-order valence-electron chi connectivity index (χ0n) is 11.9. The highest BCUT2D eigenvalue weighted by Gasteiger charge is 2.26. The molecule has 0 radical (unpaired) electrons. The summed E-state index contributed by atoms with van der Waals surface area (Å²) in [6, 6.07) is 7.17. The van der Waals surface area contributed by atoms with Gasteiger partial charge in [-0.05, 0) is 42.9 Å². The molecule has 0 aromatic heterocycles. The van der Waals surface area contributed by atoms with Crippen molar-refractivity contribution in [1.82, 2.24) is 4.31 Å². The first-order valence-corrected chi connectivity index (χ1v) is 9.79. The summed E-state index contributed by atoms with van der Waals surface area (Å²) in [7, 11) is -3.32. The van der Waals surface area contributed by atoms with E-state index in [4.69, 9.17) is 0 Å². The fourth-order valence-electron chi connectivity index (χ4n) is 2.69.